The normalized spacial score (nSPS) is 13.1. The topological polar surface area (TPSA) is 102 Å². The third-order valence-corrected chi connectivity index (χ3v) is 4.31. The minimum atomic E-state index is -3.14. The lowest BCUT2D eigenvalue weighted by atomic mass is 10.2. The fraction of sp³-hybridized carbons (Fsp3) is 0.400. The molecule has 0 spiro atoms. The van der Waals surface area contributed by atoms with Gasteiger partial charge in [0.2, 0.25) is 5.91 Å². The van der Waals surface area contributed by atoms with Gasteiger partial charge in [-0.05, 0) is 28.4 Å². The van der Waals surface area contributed by atoms with Gasteiger partial charge in [0.05, 0.1) is 28.2 Å². The minimum absolute atomic E-state index is 0.0624. The van der Waals surface area contributed by atoms with Gasteiger partial charge >= 0.3 is 0 Å². The van der Waals surface area contributed by atoms with Gasteiger partial charge in [0.25, 0.3) is 0 Å². The molecule has 1 aromatic rings. The number of nitrogens with one attached hydrogen (secondary N) is 1. The van der Waals surface area contributed by atoms with Crippen molar-refractivity contribution >= 4 is 49.0 Å². The maximum Gasteiger partial charge on any atom is 0.241 e. The van der Waals surface area contributed by atoms with Crippen molar-refractivity contribution in [1.82, 2.24) is 4.98 Å². The Labute approximate surface area is 124 Å². The van der Waals surface area contributed by atoms with Gasteiger partial charge in [-0.15, -0.1) is 0 Å². The molecule has 1 rings (SSSR count). The van der Waals surface area contributed by atoms with Crippen molar-refractivity contribution in [3.8, 4) is 0 Å². The lowest BCUT2D eigenvalue weighted by Gasteiger charge is -2.11. The molecule has 0 saturated heterocycles. The van der Waals surface area contributed by atoms with Crippen LogP contribution in [0.5, 0.6) is 0 Å². The van der Waals surface area contributed by atoms with Crippen molar-refractivity contribution in [1.29, 1.82) is 0 Å². The van der Waals surface area contributed by atoms with Crippen LogP contribution in [0.15, 0.2) is 16.7 Å². The molecule has 0 fully saturated rings. The average molecular weight is 371 g/mol. The van der Waals surface area contributed by atoms with Gasteiger partial charge in [0, 0.05) is 6.26 Å². The predicted molar refractivity (Wildman–Crippen MR) is 77.9 cm³/mol. The molecule has 1 unspecified atom stereocenters. The van der Waals surface area contributed by atoms with Crippen LogP contribution in [-0.2, 0) is 14.6 Å². The number of anilines is 1. The molecule has 0 radical (unpaired) electrons. The van der Waals surface area contributed by atoms with Gasteiger partial charge in [-0.25, -0.2) is 13.4 Å². The summed E-state index contributed by atoms with van der Waals surface area (Å²) in [7, 11) is -3.14. The molecule has 0 aliphatic carbocycles. The number of hydrogen-bond acceptors (Lipinski definition) is 5. The van der Waals surface area contributed by atoms with E-state index in [-0.39, 0.29) is 17.3 Å². The van der Waals surface area contributed by atoms with Crippen molar-refractivity contribution in [3.05, 3.63) is 21.9 Å². The summed E-state index contributed by atoms with van der Waals surface area (Å²) in [6.07, 6.45) is 2.54. The molecule has 0 saturated carbocycles. The Bertz CT molecular complexity index is 579. The van der Waals surface area contributed by atoms with Gasteiger partial charge < -0.3 is 11.1 Å². The number of sulfone groups is 1. The molecule has 0 aliphatic heterocycles. The molecule has 19 heavy (non-hydrogen) atoms. The Balaban J connectivity index is 2.61. The molecule has 0 bridgehead atoms. The number of nitrogens with two attached hydrogens (primary N) is 1. The Kier molecular flexibility index (Phi) is 5.72. The molecule has 1 heterocycles. The minimum Gasteiger partial charge on any atom is -0.323 e. The highest BCUT2D eigenvalue weighted by Gasteiger charge is 2.16. The van der Waals surface area contributed by atoms with Crippen LogP contribution in [0.2, 0.25) is 5.15 Å². The zero-order chi connectivity index (χ0) is 14.6. The summed E-state index contributed by atoms with van der Waals surface area (Å²) in [5, 5.41) is 2.81. The van der Waals surface area contributed by atoms with E-state index in [1.807, 2.05) is 0 Å². The number of carbonyl (C=O) groups excluding carboxylic acids is 1. The van der Waals surface area contributed by atoms with E-state index in [9.17, 15) is 13.2 Å². The van der Waals surface area contributed by atoms with Gasteiger partial charge in [-0.1, -0.05) is 11.6 Å². The second kappa shape index (κ2) is 6.65. The van der Waals surface area contributed by atoms with Crippen LogP contribution in [0.4, 0.5) is 5.69 Å². The van der Waals surface area contributed by atoms with E-state index < -0.39 is 21.8 Å². The molecule has 9 heteroatoms. The first kappa shape index (κ1) is 16.4. The third-order valence-electron chi connectivity index (χ3n) is 2.20. The molecule has 3 N–H and O–H groups in total. The molecule has 0 aromatic carbocycles. The number of hydrogen-bond donors (Lipinski definition) is 2. The van der Waals surface area contributed by atoms with E-state index in [4.69, 9.17) is 17.3 Å². The molecular formula is C10H13BrClN3O3S. The van der Waals surface area contributed by atoms with Gasteiger partial charge in [0.15, 0.2) is 0 Å². The number of carbonyl (C=O) groups is 1. The standard InChI is InChI=1S/C10H13BrClN3O3S/c1-19(17,18)3-2-8(13)10(16)15-6-4-7(11)9(12)14-5-6/h4-5,8H,2-3,13H2,1H3,(H,15,16). The number of amides is 1. The SMILES string of the molecule is CS(=O)(=O)CCC(N)C(=O)Nc1cnc(Cl)c(Br)c1. The molecule has 1 aromatic heterocycles. The highest BCUT2D eigenvalue weighted by atomic mass is 79.9. The van der Waals surface area contributed by atoms with Gasteiger partial charge in [-0.2, -0.15) is 0 Å². The summed E-state index contributed by atoms with van der Waals surface area (Å²) in [6, 6.07) is 0.681. The van der Waals surface area contributed by atoms with Gasteiger partial charge in [0.1, 0.15) is 15.0 Å². The molecule has 1 atom stereocenters. The molecule has 1 amide bonds. The maximum absolute atomic E-state index is 11.7. The highest BCUT2D eigenvalue weighted by Crippen LogP contribution is 2.22. The van der Waals surface area contributed by atoms with E-state index in [1.165, 1.54) is 6.20 Å². The lowest BCUT2D eigenvalue weighted by molar-refractivity contribution is -0.117. The van der Waals surface area contributed by atoms with Crippen LogP contribution < -0.4 is 11.1 Å². The zero-order valence-corrected chi connectivity index (χ0v) is 13.2. The number of pyridine rings is 1. The zero-order valence-electron chi connectivity index (χ0n) is 10.1. The monoisotopic (exact) mass is 369 g/mol. The Morgan fingerprint density at radius 3 is 2.79 bits per heavy atom. The first-order valence-corrected chi connectivity index (χ1v) is 8.47. The fourth-order valence-electron chi connectivity index (χ4n) is 1.20. The largest absolute Gasteiger partial charge is 0.323 e. The van der Waals surface area contributed by atoms with E-state index >= 15 is 0 Å². The van der Waals surface area contributed by atoms with Crippen molar-refractivity contribution < 1.29 is 13.2 Å². The van der Waals surface area contributed by atoms with E-state index in [2.05, 4.69) is 26.2 Å². The number of nitrogens with zero attached hydrogens (tertiary/aromatic N) is 1. The number of aromatic nitrogens is 1. The van der Waals surface area contributed by atoms with Gasteiger partial charge in [-0.3, -0.25) is 4.79 Å². The van der Waals surface area contributed by atoms with E-state index in [0.717, 1.165) is 6.26 Å². The molecule has 6 nitrogen and oxygen atoms in total. The van der Waals surface area contributed by atoms with E-state index in [0.29, 0.717) is 10.2 Å². The average Bonchev–Trinajstić information content (AvgIpc) is 2.29. The summed E-state index contributed by atoms with van der Waals surface area (Å²) in [4.78, 5) is 15.6. The Morgan fingerprint density at radius 1 is 1.63 bits per heavy atom. The van der Waals surface area contributed by atoms with E-state index in [1.54, 1.807) is 6.07 Å². The Hall–Kier alpha value is -0.700. The smallest absolute Gasteiger partial charge is 0.241 e. The molecular weight excluding hydrogens is 358 g/mol. The first-order valence-electron chi connectivity index (χ1n) is 5.24. The van der Waals surface area contributed by atoms with Crippen LogP contribution in [0.1, 0.15) is 6.42 Å². The highest BCUT2D eigenvalue weighted by molar-refractivity contribution is 9.10. The van der Waals surface area contributed by atoms with Crippen molar-refractivity contribution in [3.63, 3.8) is 0 Å². The fourth-order valence-corrected chi connectivity index (χ4v) is 2.33. The Morgan fingerprint density at radius 2 is 2.26 bits per heavy atom. The summed E-state index contributed by atoms with van der Waals surface area (Å²) in [5.74, 6) is -0.607. The van der Waals surface area contributed by atoms with Crippen molar-refractivity contribution in [2.24, 2.45) is 5.73 Å². The molecule has 106 valence electrons. The molecule has 0 aliphatic rings. The quantitative estimate of drug-likeness (QED) is 0.758. The predicted octanol–water partition coefficient (Wildman–Crippen LogP) is 1.20. The maximum atomic E-state index is 11.7. The van der Waals surface area contributed by atoms with Crippen molar-refractivity contribution in [2.75, 3.05) is 17.3 Å². The van der Waals surface area contributed by atoms with Crippen LogP contribution in [0.25, 0.3) is 0 Å². The number of rotatable bonds is 5. The second-order valence-electron chi connectivity index (χ2n) is 4.01. The second-order valence-corrected chi connectivity index (χ2v) is 7.48. The van der Waals surface area contributed by atoms with Crippen LogP contribution in [0, 0.1) is 0 Å². The summed E-state index contributed by atoms with van der Waals surface area (Å²) < 4.78 is 22.5. The van der Waals surface area contributed by atoms with Crippen LogP contribution in [-0.4, -0.2) is 37.4 Å². The third kappa shape index (κ3) is 5.85. The number of halogens is 2. The van der Waals surface area contributed by atoms with Crippen molar-refractivity contribution in [2.45, 2.75) is 12.5 Å². The summed E-state index contributed by atoms with van der Waals surface area (Å²) >= 11 is 8.89. The summed E-state index contributed by atoms with van der Waals surface area (Å²) in [6.45, 7) is 0. The lowest BCUT2D eigenvalue weighted by Crippen LogP contribution is -2.37. The van der Waals surface area contributed by atoms with Crippen LogP contribution >= 0.6 is 27.5 Å². The first-order chi connectivity index (χ1) is 8.69. The van der Waals surface area contributed by atoms with Crippen LogP contribution in [0.3, 0.4) is 0 Å². The summed E-state index contributed by atoms with van der Waals surface area (Å²) in [5.41, 5.74) is 6.03.